The van der Waals surface area contributed by atoms with Crippen LogP contribution in [-0.4, -0.2) is 47.4 Å². The van der Waals surface area contributed by atoms with E-state index in [0.29, 0.717) is 23.3 Å². The van der Waals surface area contributed by atoms with E-state index in [1.807, 2.05) is 0 Å². The molecule has 1 heterocycles. The Morgan fingerprint density at radius 1 is 1.18 bits per heavy atom. The molecule has 0 amide bonds. The first-order valence-electron chi connectivity index (χ1n) is 10.4. The van der Waals surface area contributed by atoms with Crippen LogP contribution in [0, 0.1) is 11.2 Å². The second kappa shape index (κ2) is 10.3. The SMILES string of the molecule is Br.CCOc1cc2c(c(F)c1OCC)C(=N)N(CC(=O)c1cccc(C(C)(C)C(=O)O)c1)C2. The fourth-order valence-electron chi connectivity index (χ4n) is 3.63. The van der Waals surface area contributed by atoms with Crippen LogP contribution in [0.4, 0.5) is 4.39 Å². The third kappa shape index (κ3) is 5.03. The van der Waals surface area contributed by atoms with Gasteiger partial charge in [-0.3, -0.25) is 15.0 Å². The lowest BCUT2D eigenvalue weighted by atomic mass is 9.84. The lowest BCUT2D eigenvalue weighted by molar-refractivity contribution is -0.142. The minimum absolute atomic E-state index is 0. The number of carboxylic acids is 1. The molecule has 0 saturated carbocycles. The third-order valence-electron chi connectivity index (χ3n) is 5.55. The number of carboxylic acid groups (broad SMARTS) is 1. The van der Waals surface area contributed by atoms with E-state index in [-0.39, 0.29) is 65.4 Å². The van der Waals surface area contributed by atoms with E-state index in [0.717, 1.165) is 0 Å². The van der Waals surface area contributed by atoms with Crippen LogP contribution in [0.25, 0.3) is 0 Å². The molecule has 0 saturated heterocycles. The van der Waals surface area contributed by atoms with E-state index in [4.69, 9.17) is 14.9 Å². The summed E-state index contributed by atoms with van der Waals surface area (Å²) in [6.45, 7) is 7.28. The molecule has 9 heteroatoms. The molecule has 2 aromatic rings. The van der Waals surface area contributed by atoms with Crippen LogP contribution in [0.2, 0.25) is 0 Å². The zero-order chi connectivity index (χ0) is 23.6. The van der Waals surface area contributed by atoms with E-state index in [1.54, 1.807) is 58.0 Å². The molecule has 7 nitrogen and oxygen atoms in total. The number of halogens is 2. The molecule has 0 aliphatic carbocycles. The van der Waals surface area contributed by atoms with Crippen molar-refractivity contribution in [2.45, 2.75) is 39.7 Å². The lowest BCUT2D eigenvalue weighted by Crippen LogP contribution is -2.31. The standard InChI is InChI=1S/C24H27FN2O5.BrH/c1-5-31-18-11-15-12-27(22(26)19(15)20(25)21(18)32-6-2)13-17(28)14-8-7-9-16(10-14)24(3,4)23(29)30;/h7-11,26H,5-6,12-13H2,1-4H3,(H,29,30);1H. The fourth-order valence-corrected chi connectivity index (χ4v) is 3.63. The van der Waals surface area contributed by atoms with Crippen molar-refractivity contribution >= 4 is 34.6 Å². The molecule has 0 atom stereocenters. The Kier molecular flexibility index (Phi) is 8.24. The fraction of sp³-hybridized carbons (Fsp3) is 0.375. The number of hydrogen-bond acceptors (Lipinski definition) is 5. The number of benzene rings is 2. The molecule has 178 valence electrons. The normalized spacial score (nSPS) is 12.8. The van der Waals surface area contributed by atoms with Crippen LogP contribution in [-0.2, 0) is 16.8 Å². The molecule has 0 spiro atoms. The molecule has 0 unspecified atom stereocenters. The predicted octanol–water partition coefficient (Wildman–Crippen LogP) is 4.59. The van der Waals surface area contributed by atoms with Crippen molar-refractivity contribution in [1.82, 2.24) is 4.90 Å². The smallest absolute Gasteiger partial charge is 0.313 e. The van der Waals surface area contributed by atoms with Gasteiger partial charge >= 0.3 is 5.97 Å². The van der Waals surface area contributed by atoms with Gasteiger partial charge in [0, 0.05) is 12.1 Å². The molecule has 2 aromatic carbocycles. The molecule has 3 rings (SSSR count). The molecule has 0 bridgehead atoms. The van der Waals surface area contributed by atoms with Gasteiger partial charge in [0.1, 0.15) is 5.84 Å². The summed E-state index contributed by atoms with van der Waals surface area (Å²) < 4.78 is 26.1. The van der Waals surface area contributed by atoms with E-state index in [9.17, 15) is 14.7 Å². The Bertz CT molecular complexity index is 1090. The van der Waals surface area contributed by atoms with Gasteiger partial charge < -0.3 is 19.5 Å². The topological polar surface area (TPSA) is 99.9 Å². The number of ether oxygens (including phenoxy) is 2. The quantitative estimate of drug-likeness (QED) is 0.467. The summed E-state index contributed by atoms with van der Waals surface area (Å²) in [5.41, 5.74) is 0.343. The maximum absolute atomic E-state index is 15.2. The van der Waals surface area contributed by atoms with Crippen molar-refractivity contribution in [3.63, 3.8) is 0 Å². The number of rotatable bonds is 9. The van der Waals surface area contributed by atoms with Crippen molar-refractivity contribution in [1.29, 1.82) is 5.41 Å². The highest BCUT2D eigenvalue weighted by atomic mass is 79.9. The van der Waals surface area contributed by atoms with E-state index in [2.05, 4.69) is 0 Å². The summed E-state index contributed by atoms with van der Waals surface area (Å²) >= 11 is 0. The molecule has 0 fully saturated rings. The summed E-state index contributed by atoms with van der Waals surface area (Å²) in [4.78, 5) is 26.0. The van der Waals surface area contributed by atoms with Crippen LogP contribution < -0.4 is 9.47 Å². The molecule has 0 aromatic heterocycles. The highest BCUT2D eigenvalue weighted by Gasteiger charge is 2.34. The highest BCUT2D eigenvalue weighted by Crippen LogP contribution is 2.39. The van der Waals surface area contributed by atoms with Gasteiger partial charge in [0.05, 0.1) is 30.7 Å². The minimum atomic E-state index is -1.15. The Morgan fingerprint density at radius 2 is 1.85 bits per heavy atom. The highest BCUT2D eigenvalue weighted by molar-refractivity contribution is 8.93. The number of carbonyl (C=O) groups is 2. The Labute approximate surface area is 202 Å². The number of nitrogens with one attached hydrogen (secondary N) is 1. The maximum atomic E-state index is 15.2. The van der Waals surface area contributed by atoms with Gasteiger partial charge in [0.25, 0.3) is 0 Å². The number of Topliss-reactive ketones (excluding diaryl/α,β-unsaturated/α-hetero) is 1. The average Bonchev–Trinajstić information content (AvgIpc) is 3.06. The lowest BCUT2D eigenvalue weighted by Gasteiger charge is -2.21. The zero-order valence-electron chi connectivity index (χ0n) is 19.0. The second-order valence-electron chi connectivity index (χ2n) is 8.06. The summed E-state index contributed by atoms with van der Waals surface area (Å²) in [7, 11) is 0. The van der Waals surface area contributed by atoms with E-state index < -0.39 is 17.2 Å². The monoisotopic (exact) mass is 522 g/mol. The van der Waals surface area contributed by atoms with Gasteiger partial charge in [-0.2, -0.15) is 0 Å². The van der Waals surface area contributed by atoms with Crippen LogP contribution in [0.5, 0.6) is 11.5 Å². The van der Waals surface area contributed by atoms with Gasteiger partial charge in [-0.25, -0.2) is 4.39 Å². The number of amidine groups is 1. The first-order valence-corrected chi connectivity index (χ1v) is 10.4. The summed E-state index contributed by atoms with van der Waals surface area (Å²) in [6, 6.07) is 8.13. The Balaban J connectivity index is 0.00000385. The van der Waals surface area contributed by atoms with Crippen LogP contribution in [0.15, 0.2) is 30.3 Å². The number of carbonyl (C=O) groups excluding carboxylic acids is 1. The van der Waals surface area contributed by atoms with Gasteiger partial charge in [0.2, 0.25) is 0 Å². The molecule has 1 aliphatic heterocycles. The van der Waals surface area contributed by atoms with E-state index >= 15 is 4.39 Å². The Hall–Kier alpha value is -2.94. The minimum Gasteiger partial charge on any atom is -0.490 e. The number of ketones is 1. The summed E-state index contributed by atoms with van der Waals surface area (Å²) in [5, 5.41) is 17.9. The summed E-state index contributed by atoms with van der Waals surface area (Å²) in [6.07, 6.45) is 0. The van der Waals surface area contributed by atoms with Crippen molar-refractivity contribution in [3.8, 4) is 11.5 Å². The van der Waals surface area contributed by atoms with Crippen molar-refractivity contribution in [2.75, 3.05) is 19.8 Å². The largest absolute Gasteiger partial charge is 0.490 e. The molecular weight excluding hydrogens is 495 g/mol. The van der Waals surface area contributed by atoms with Crippen LogP contribution in [0.1, 0.15) is 54.7 Å². The maximum Gasteiger partial charge on any atom is 0.313 e. The van der Waals surface area contributed by atoms with Crippen molar-refractivity contribution in [2.24, 2.45) is 0 Å². The number of fused-ring (bicyclic) bond motifs is 1. The second-order valence-corrected chi connectivity index (χ2v) is 8.06. The van der Waals surface area contributed by atoms with Crippen molar-refractivity contribution in [3.05, 3.63) is 58.4 Å². The van der Waals surface area contributed by atoms with Crippen LogP contribution >= 0.6 is 17.0 Å². The number of nitrogens with zero attached hydrogens (tertiary/aromatic N) is 1. The number of hydrogen-bond donors (Lipinski definition) is 2. The first-order chi connectivity index (χ1) is 15.1. The molecule has 2 N–H and O–H groups in total. The molecule has 33 heavy (non-hydrogen) atoms. The predicted molar refractivity (Wildman–Crippen MR) is 128 cm³/mol. The van der Waals surface area contributed by atoms with Gasteiger partial charge in [0.15, 0.2) is 23.1 Å². The zero-order valence-corrected chi connectivity index (χ0v) is 20.7. The van der Waals surface area contributed by atoms with Gasteiger partial charge in [-0.05, 0) is 51.0 Å². The first kappa shape index (κ1) is 26.3. The average molecular weight is 523 g/mol. The molecule has 0 radical (unpaired) electrons. The van der Waals surface area contributed by atoms with Gasteiger partial charge in [-0.1, -0.05) is 18.2 Å². The third-order valence-corrected chi connectivity index (χ3v) is 5.55. The molecule has 1 aliphatic rings. The molecular formula is C24H28BrFN2O5. The van der Waals surface area contributed by atoms with Crippen LogP contribution in [0.3, 0.4) is 0 Å². The Morgan fingerprint density at radius 3 is 2.45 bits per heavy atom. The van der Waals surface area contributed by atoms with Crippen molar-refractivity contribution < 1.29 is 28.6 Å². The summed E-state index contributed by atoms with van der Waals surface area (Å²) in [5.74, 6) is -1.81. The number of aliphatic carboxylic acids is 1. The van der Waals surface area contributed by atoms with E-state index in [1.165, 1.54) is 4.90 Å². The van der Waals surface area contributed by atoms with Gasteiger partial charge in [-0.15, -0.1) is 17.0 Å².